The summed E-state index contributed by atoms with van der Waals surface area (Å²) in [5, 5.41) is 10.3. The average Bonchev–Trinajstić information content (AvgIpc) is 2.93. The number of aliphatic carboxylic acids is 1. The van der Waals surface area contributed by atoms with Crippen LogP contribution < -0.4 is 0 Å². The summed E-state index contributed by atoms with van der Waals surface area (Å²) < 4.78 is 0. The maximum absolute atomic E-state index is 12.5. The third-order valence-electron chi connectivity index (χ3n) is 9.41. The van der Waals surface area contributed by atoms with Crippen molar-refractivity contribution >= 4 is 5.97 Å². The van der Waals surface area contributed by atoms with E-state index in [1.807, 2.05) is 0 Å². The molecule has 0 fully saturated rings. The van der Waals surface area contributed by atoms with Crippen molar-refractivity contribution in [3.63, 3.8) is 0 Å². The lowest BCUT2D eigenvalue weighted by Gasteiger charge is -2.30. The van der Waals surface area contributed by atoms with Crippen molar-refractivity contribution in [1.82, 2.24) is 0 Å². The molecule has 0 aliphatic rings. The number of carboxylic acids is 1. The fourth-order valence-corrected chi connectivity index (χ4v) is 6.50. The first-order valence-corrected chi connectivity index (χ1v) is 18.7. The van der Waals surface area contributed by atoms with E-state index in [0.29, 0.717) is 0 Å². The Balaban J connectivity index is 3.98. The molecule has 0 aliphatic carbocycles. The standard InChI is InChI=1S/C38H76O2/c1-5-7-9-11-12-23-26-30-34-38(37(39)40,33-29-10-8-6-2)35-31-27-24-21-19-17-15-13-14-16-18-20-22-25-28-32-36(3)4/h36H,5-35H2,1-4H3,(H,39,40). The summed E-state index contributed by atoms with van der Waals surface area (Å²) in [5.41, 5.74) is -0.454. The summed E-state index contributed by atoms with van der Waals surface area (Å²) in [6, 6.07) is 0. The molecule has 0 saturated carbocycles. The van der Waals surface area contributed by atoms with E-state index in [1.54, 1.807) is 0 Å². The van der Waals surface area contributed by atoms with Crippen LogP contribution in [0.3, 0.4) is 0 Å². The molecule has 0 rings (SSSR count). The van der Waals surface area contributed by atoms with Gasteiger partial charge >= 0.3 is 5.97 Å². The average molecular weight is 565 g/mol. The molecular weight excluding hydrogens is 488 g/mol. The minimum atomic E-state index is -0.502. The highest BCUT2D eigenvalue weighted by atomic mass is 16.4. The molecule has 0 aromatic heterocycles. The smallest absolute Gasteiger partial charge is 0.309 e. The van der Waals surface area contributed by atoms with Gasteiger partial charge in [0.15, 0.2) is 0 Å². The van der Waals surface area contributed by atoms with Crippen LogP contribution in [0.2, 0.25) is 0 Å². The molecule has 0 aromatic rings. The zero-order valence-electron chi connectivity index (χ0n) is 28.4. The predicted molar refractivity (Wildman–Crippen MR) is 179 cm³/mol. The highest BCUT2D eigenvalue weighted by molar-refractivity contribution is 5.74. The van der Waals surface area contributed by atoms with Gasteiger partial charge in [0.1, 0.15) is 0 Å². The summed E-state index contributed by atoms with van der Waals surface area (Å²) in [7, 11) is 0. The summed E-state index contributed by atoms with van der Waals surface area (Å²) in [5.74, 6) is 0.369. The van der Waals surface area contributed by atoms with Crippen LogP contribution in [0.5, 0.6) is 0 Å². The van der Waals surface area contributed by atoms with Crippen molar-refractivity contribution in [1.29, 1.82) is 0 Å². The Kier molecular flexibility index (Phi) is 29.5. The van der Waals surface area contributed by atoms with Crippen LogP contribution in [-0.2, 0) is 4.79 Å². The number of rotatable bonds is 33. The zero-order valence-corrected chi connectivity index (χ0v) is 28.4. The first-order chi connectivity index (χ1) is 19.5. The van der Waals surface area contributed by atoms with Crippen LogP contribution >= 0.6 is 0 Å². The van der Waals surface area contributed by atoms with Gasteiger partial charge in [0.2, 0.25) is 0 Å². The molecule has 0 saturated heterocycles. The van der Waals surface area contributed by atoms with E-state index in [9.17, 15) is 9.90 Å². The molecule has 1 atom stereocenters. The van der Waals surface area contributed by atoms with E-state index in [2.05, 4.69) is 27.7 Å². The number of carboxylic acid groups (broad SMARTS) is 1. The second-order valence-electron chi connectivity index (χ2n) is 13.9. The van der Waals surface area contributed by atoms with Crippen molar-refractivity contribution in [2.24, 2.45) is 11.3 Å². The van der Waals surface area contributed by atoms with Gasteiger partial charge < -0.3 is 5.11 Å². The van der Waals surface area contributed by atoms with Crippen molar-refractivity contribution in [2.75, 3.05) is 0 Å². The molecule has 0 spiro atoms. The Morgan fingerprint density at radius 1 is 0.450 bits per heavy atom. The topological polar surface area (TPSA) is 37.3 Å². The second-order valence-corrected chi connectivity index (χ2v) is 13.9. The molecule has 0 radical (unpaired) electrons. The zero-order chi connectivity index (χ0) is 29.6. The summed E-state index contributed by atoms with van der Waals surface area (Å²) in [6.45, 7) is 9.18. The first kappa shape index (κ1) is 39.5. The quantitative estimate of drug-likeness (QED) is 0.0805. The second kappa shape index (κ2) is 29.9. The molecule has 40 heavy (non-hydrogen) atoms. The Morgan fingerprint density at radius 2 is 0.700 bits per heavy atom. The van der Waals surface area contributed by atoms with Gasteiger partial charge in [-0.2, -0.15) is 0 Å². The van der Waals surface area contributed by atoms with E-state index in [1.165, 1.54) is 161 Å². The lowest BCUT2D eigenvalue weighted by molar-refractivity contribution is -0.150. The van der Waals surface area contributed by atoms with Gasteiger partial charge in [-0.25, -0.2) is 0 Å². The van der Waals surface area contributed by atoms with E-state index < -0.39 is 11.4 Å². The normalized spacial score (nSPS) is 13.2. The SMILES string of the molecule is CCCCCCCCCCC(CCCCCC)(CCCCCCCCCCCCCCCCCC(C)C)C(=O)O. The molecule has 0 aromatic carbocycles. The van der Waals surface area contributed by atoms with E-state index >= 15 is 0 Å². The number of hydrogen-bond acceptors (Lipinski definition) is 1. The lowest BCUT2D eigenvalue weighted by atomic mass is 9.74. The van der Waals surface area contributed by atoms with Crippen LogP contribution in [-0.4, -0.2) is 11.1 Å². The maximum atomic E-state index is 12.5. The van der Waals surface area contributed by atoms with Crippen LogP contribution in [0.1, 0.15) is 227 Å². The molecule has 240 valence electrons. The Bertz CT molecular complexity index is 514. The Labute approximate surface area is 253 Å². The molecule has 1 N–H and O–H groups in total. The van der Waals surface area contributed by atoms with Gasteiger partial charge in [-0.3, -0.25) is 4.79 Å². The first-order valence-electron chi connectivity index (χ1n) is 18.7. The fraction of sp³-hybridized carbons (Fsp3) is 0.974. The maximum Gasteiger partial charge on any atom is 0.309 e. The molecule has 0 aliphatic heterocycles. The number of carbonyl (C=O) groups is 1. The minimum absolute atomic E-state index is 0.454. The molecule has 0 amide bonds. The van der Waals surface area contributed by atoms with Gasteiger partial charge in [0.05, 0.1) is 5.41 Å². The summed E-state index contributed by atoms with van der Waals surface area (Å²) in [4.78, 5) is 12.5. The van der Waals surface area contributed by atoms with Gasteiger partial charge in [0.25, 0.3) is 0 Å². The lowest BCUT2D eigenvalue weighted by Crippen LogP contribution is -2.31. The van der Waals surface area contributed by atoms with Crippen LogP contribution in [0.15, 0.2) is 0 Å². The monoisotopic (exact) mass is 565 g/mol. The van der Waals surface area contributed by atoms with Gasteiger partial charge in [-0.1, -0.05) is 207 Å². The number of hydrogen-bond donors (Lipinski definition) is 1. The highest BCUT2D eigenvalue weighted by Gasteiger charge is 2.36. The summed E-state index contributed by atoms with van der Waals surface area (Å²) in [6.07, 6.45) is 39.8. The molecular formula is C38H76O2. The van der Waals surface area contributed by atoms with Crippen molar-refractivity contribution in [3.8, 4) is 0 Å². The molecule has 0 bridgehead atoms. The molecule has 1 unspecified atom stereocenters. The van der Waals surface area contributed by atoms with Crippen LogP contribution in [0.4, 0.5) is 0 Å². The van der Waals surface area contributed by atoms with E-state index in [-0.39, 0.29) is 0 Å². The van der Waals surface area contributed by atoms with Crippen molar-refractivity contribution < 1.29 is 9.90 Å². The summed E-state index contributed by atoms with van der Waals surface area (Å²) >= 11 is 0. The van der Waals surface area contributed by atoms with Gasteiger partial charge in [0, 0.05) is 0 Å². The van der Waals surface area contributed by atoms with Crippen molar-refractivity contribution in [3.05, 3.63) is 0 Å². The number of unbranched alkanes of at least 4 members (excludes halogenated alkanes) is 24. The highest BCUT2D eigenvalue weighted by Crippen LogP contribution is 2.38. The largest absolute Gasteiger partial charge is 0.481 e. The molecule has 2 heteroatoms. The molecule has 2 nitrogen and oxygen atoms in total. The van der Waals surface area contributed by atoms with Crippen LogP contribution in [0, 0.1) is 11.3 Å². The third-order valence-corrected chi connectivity index (χ3v) is 9.41. The third kappa shape index (κ3) is 25.2. The fourth-order valence-electron chi connectivity index (χ4n) is 6.50. The van der Waals surface area contributed by atoms with Gasteiger partial charge in [-0.15, -0.1) is 0 Å². The van der Waals surface area contributed by atoms with Gasteiger partial charge in [-0.05, 0) is 25.2 Å². The predicted octanol–water partition coefficient (Wildman–Crippen LogP) is 13.8. The Morgan fingerprint density at radius 3 is 0.975 bits per heavy atom. The minimum Gasteiger partial charge on any atom is -0.481 e. The van der Waals surface area contributed by atoms with E-state index in [0.717, 1.165) is 44.4 Å². The Hall–Kier alpha value is -0.530. The van der Waals surface area contributed by atoms with Crippen LogP contribution in [0.25, 0.3) is 0 Å². The molecule has 0 heterocycles. The van der Waals surface area contributed by atoms with E-state index in [4.69, 9.17) is 0 Å². The van der Waals surface area contributed by atoms with Crippen molar-refractivity contribution in [2.45, 2.75) is 227 Å².